The van der Waals surface area contributed by atoms with Crippen LogP contribution in [0.3, 0.4) is 0 Å². The van der Waals surface area contributed by atoms with Gasteiger partial charge in [-0.3, -0.25) is 28.8 Å². The third-order valence-corrected chi connectivity index (χ3v) is 13.2. The van der Waals surface area contributed by atoms with Crippen LogP contribution in [0.4, 0.5) is 0 Å². The lowest BCUT2D eigenvalue weighted by molar-refractivity contribution is -0.158. The number of carbonyl (C=O) groups excluding carboxylic acids is 4. The molecule has 0 bridgehead atoms. The first kappa shape index (κ1) is 53.3. The van der Waals surface area contributed by atoms with Gasteiger partial charge < -0.3 is 30.3 Å². The summed E-state index contributed by atoms with van der Waals surface area (Å²) in [5.41, 5.74) is 4.99. The molecule has 5 aromatic carbocycles. The van der Waals surface area contributed by atoms with Gasteiger partial charge in [-0.25, -0.2) is 0 Å². The van der Waals surface area contributed by atoms with Crippen molar-refractivity contribution in [2.45, 2.75) is 134 Å². The molecule has 374 valence electrons. The van der Waals surface area contributed by atoms with E-state index in [2.05, 4.69) is 22.8 Å². The molecule has 71 heavy (non-hydrogen) atoms. The number of esters is 2. The van der Waals surface area contributed by atoms with Gasteiger partial charge in [-0.1, -0.05) is 165 Å². The molecule has 0 saturated heterocycles. The lowest BCUT2D eigenvalue weighted by Gasteiger charge is -2.32. The molecule has 12 heteroatoms. The number of aliphatic carboxylic acids is 2. The number of carbonyl (C=O) groups is 6. The van der Waals surface area contributed by atoms with Crippen LogP contribution >= 0.6 is 0 Å². The summed E-state index contributed by atoms with van der Waals surface area (Å²) in [6, 6.07) is 45.4. The number of amides is 2. The van der Waals surface area contributed by atoms with Crippen molar-refractivity contribution in [1.29, 1.82) is 0 Å². The quantitative estimate of drug-likeness (QED) is 0.0547. The Kier molecular flexibility index (Phi) is 18.9. The normalized spacial score (nSPS) is 15.5. The highest BCUT2D eigenvalue weighted by atomic mass is 16.6. The zero-order chi connectivity index (χ0) is 50.9. The summed E-state index contributed by atoms with van der Waals surface area (Å²) in [7, 11) is 0. The summed E-state index contributed by atoms with van der Waals surface area (Å²) >= 11 is 0. The van der Waals surface area contributed by atoms with Crippen LogP contribution in [0.15, 0.2) is 140 Å². The number of benzene rings is 5. The van der Waals surface area contributed by atoms with E-state index in [1.165, 1.54) is 0 Å². The summed E-state index contributed by atoms with van der Waals surface area (Å²) in [5.74, 6) is -4.76. The number of ether oxygens (including phenoxy) is 2. The Bertz CT molecular complexity index is 2530. The van der Waals surface area contributed by atoms with Gasteiger partial charge in [-0.05, 0) is 98.2 Å². The smallest absolute Gasteiger partial charge is 0.308 e. The highest BCUT2D eigenvalue weighted by molar-refractivity contribution is 5.86. The molecule has 0 spiro atoms. The summed E-state index contributed by atoms with van der Waals surface area (Å²) in [4.78, 5) is 75.1. The molecule has 0 radical (unpaired) electrons. The van der Waals surface area contributed by atoms with Crippen molar-refractivity contribution in [1.82, 2.24) is 10.6 Å². The summed E-state index contributed by atoms with van der Waals surface area (Å²) in [6.07, 6.45) is 6.48. The fourth-order valence-electron chi connectivity index (χ4n) is 9.68. The van der Waals surface area contributed by atoms with Gasteiger partial charge in [0.25, 0.3) is 0 Å². The maximum atomic E-state index is 13.8. The van der Waals surface area contributed by atoms with E-state index in [1.807, 2.05) is 148 Å². The van der Waals surface area contributed by atoms with Crippen LogP contribution in [0, 0.1) is 11.8 Å². The molecule has 2 amide bonds. The molecule has 2 aliphatic rings. The summed E-state index contributed by atoms with van der Waals surface area (Å²) in [6.45, 7) is 5.65. The van der Waals surface area contributed by atoms with E-state index in [4.69, 9.17) is 9.47 Å². The van der Waals surface area contributed by atoms with E-state index in [-0.39, 0.29) is 56.5 Å². The van der Waals surface area contributed by atoms with E-state index in [0.29, 0.717) is 32.1 Å². The molecule has 7 rings (SSSR count). The van der Waals surface area contributed by atoms with Crippen LogP contribution in [0.1, 0.15) is 115 Å². The minimum absolute atomic E-state index is 0.0436. The molecule has 12 nitrogen and oxygen atoms in total. The van der Waals surface area contributed by atoms with Crippen molar-refractivity contribution in [3.8, 4) is 22.3 Å². The van der Waals surface area contributed by atoms with Crippen LogP contribution in [0.25, 0.3) is 22.3 Å². The zero-order valence-electron chi connectivity index (χ0n) is 41.2. The Morgan fingerprint density at radius 3 is 1.30 bits per heavy atom. The predicted octanol–water partition coefficient (Wildman–Crippen LogP) is 10.7. The van der Waals surface area contributed by atoms with Crippen LogP contribution in [-0.4, -0.2) is 62.6 Å². The lowest BCUT2D eigenvalue weighted by atomic mass is 9.89. The van der Waals surface area contributed by atoms with Crippen LogP contribution < -0.4 is 10.6 Å². The van der Waals surface area contributed by atoms with Gasteiger partial charge >= 0.3 is 23.9 Å². The predicted molar refractivity (Wildman–Crippen MR) is 273 cm³/mol. The Hall–Kier alpha value is -7.08. The second-order valence-electron chi connectivity index (χ2n) is 20.2. The summed E-state index contributed by atoms with van der Waals surface area (Å²) in [5, 5.41) is 24.6. The topological polar surface area (TPSA) is 185 Å². The van der Waals surface area contributed by atoms with E-state index in [9.17, 15) is 39.0 Å². The number of hydrogen-bond acceptors (Lipinski definition) is 8. The molecule has 5 aromatic rings. The minimum Gasteiger partial charge on any atom is -0.481 e. The van der Waals surface area contributed by atoms with Crippen molar-refractivity contribution in [2.75, 3.05) is 0 Å². The van der Waals surface area contributed by atoms with Gasteiger partial charge in [-0.2, -0.15) is 0 Å². The second-order valence-corrected chi connectivity index (χ2v) is 20.2. The molecular weight excluding hydrogens is 897 g/mol. The number of nitrogens with one attached hydrogen (secondary N) is 2. The molecule has 2 unspecified atom stereocenters. The maximum Gasteiger partial charge on any atom is 0.308 e. The van der Waals surface area contributed by atoms with Crippen molar-refractivity contribution >= 4 is 35.7 Å². The Morgan fingerprint density at radius 1 is 0.493 bits per heavy atom. The monoisotopic (exact) mass is 964 g/mol. The molecule has 4 N–H and O–H groups in total. The van der Waals surface area contributed by atoms with Crippen molar-refractivity contribution < 1.29 is 48.5 Å². The first-order chi connectivity index (χ1) is 34.0. The molecule has 0 heterocycles. The first-order valence-corrected chi connectivity index (χ1v) is 24.8. The molecule has 0 aliphatic heterocycles. The molecule has 2 saturated carbocycles. The number of carboxylic acid groups (broad SMARTS) is 2. The Labute approximate surface area is 417 Å². The number of hydrogen-bond donors (Lipinski definition) is 4. The molecule has 0 aromatic heterocycles. The molecular formula is C59H68N2O10. The van der Waals surface area contributed by atoms with Gasteiger partial charge in [0.1, 0.15) is 12.2 Å². The van der Waals surface area contributed by atoms with Gasteiger partial charge in [0.2, 0.25) is 11.8 Å². The summed E-state index contributed by atoms with van der Waals surface area (Å²) < 4.78 is 11.1. The van der Waals surface area contributed by atoms with Gasteiger partial charge in [0.05, 0.1) is 48.6 Å². The fourth-order valence-corrected chi connectivity index (χ4v) is 9.68. The zero-order valence-corrected chi connectivity index (χ0v) is 41.2. The third-order valence-electron chi connectivity index (χ3n) is 13.2. The number of rotatable bonds is 20. The van der Waals surface area contributed by atoms with Gasteiger partial charge in [0, 0.05) is 0 Å². The van der Waals surface area contributed by atoms with E-state index in [1.54, 1.807) is 0 Å². The average Bonchev–Trinajstić information content (AvgIpc) is 4.00. The van der Waals surface area contributed by atoms with Gasteiger partial charge in [-0.15, -0.1) is 0 Å². The van der Waals surface area contributed by atoms with Crippen molar-refractivity contribution in [2.24, 2.45) is 11.8 Å². The van der Waals surface area contributed by atoms with Gasteiger partial charge in [0.15, 0.2) is 0 Å². The molecule has 2 atom stereocenters. The molecule has 2 fully saturated rings. The highest BCUT2D eigenvalue weighted by Gasteiger charge is 2.41. The Morgan fingerprint density at radius 2 is 0.887 bits per heavy atom. The van der Waals surface area contributed by atoms with E-state index in [0.717, 1.165) is 64.6 Å². The van der Waals surface area contributed by atoms with Crippen molar-refractivity contribution in [3.05, 3.63) is 156 Å². The number of carboxylic acids is 2. The maximum absolute atomic E-state index is 13.8. The largest absolute Gasteiger partial charge is 0.481 e. The minimum atomic E-state index is -1.05. The van der Waals surface area contributed by atoms with Crippen LogP contribution in [0.2, 0.25) is 0 Å². The standard InChI is InChI=1S/C35H41NO5.C24H27NO5/c1-34(2,3)41-31(37)23-30(22-26-16-18-29(19-17-26)28-14-8-5-9-15-28)33(39)36-35(20-10-11-21-35)24-32(38)40-25-27-12-6-4-7-13-27;26-21(27)15-20(23(30)25-24(16-22(28)29)12-4-5-13-24)14-17-8-10-19(11-9-17)18-6-2-1-3-7-18/h4-9,12-19,30H,10-11,20-25H2,1-3H3,(H,36,39);1-3,6-11,20H,4-5,12-16H2,(H,25,30)(H,26,27)(H,28,29). The van der Waals surface area contributed by atoms with E-state index >= 15 is 0 Å². The second kappa shape index (κ2) is 25.2. The van der Waals surface area contributed by atoms with E-state index < -0.39 is 46.4 Å². The highest BCUT2D eigenvalue weighted by Crippen LogP contribution is 2.35. The third kappa shape index (κ3) is 17.1. The molecule has 2 aliphatic carbocycles. The average molecular weight is 965 g/mol. The van der Waals surface area contributed by atoms with Crippen molar-refractivity contribution in [3.63, 3.8) is 0 Å². The van der Waals surface area contributed by atoms with Crippen LogP contribution in [0.5, 0.6) is 0 Å². The fraction of sp³-hybridized carbons (Fsp3) is 0.390. The lowest BCUT2D eigenvalue weighted by Crippen LogP contribution is -2.50. The first-order valence-electron chi connectivity index (χ1n) is 24.8. The SMILES string of the molecule is CC(C)(C)OC(=O)CC(Cc1ccc(-c2ccccc2)cc1)C(=O)NC1(CC(=O)OCc2ccccc2)CCCC1.O=C(O)CC(Cc1ccc(-c2ccccc2)cc1)C(=O)NC1(CC(=O)O)CCCC1. The Balaban J connectivity index is 0.000000244. The van der Waals surface area contributed by atoms with Crippen LogP contribution in [-0.2, 0) is 57.7 Å².